The highest BCUT2D eigenvalue weighted by atomic mass is 19.1. The molecule has 0 unspecified atom stereocenters. The first-order valence-electron chi connectivity index (χ1n) is 6.98. The molecule has 2 nitrogen and oxygen atoms in total. The molecule has 19 heavy (non-hydrogen) atoms. The van der Waals surface area contributed by atoms with Crippen LogP contribution in [0.2, 0.25) is 0 Å². The second-order valence-corrected chi connectivity index (χ2v) is 5.86. The predicted octanol–water partition coefficient (Wildman–Crippen LogP) is 4.10. The van der Waals surface area contributed by atoms with Crippen LogP contribution in [0.3, 0.4) is 0 Å². The fraction of sp³-hybridized carbons (Fsp3) is 0.562. The number of halogens is 1. The van der Waals surface area contributed by atoms with Gasteiger partial charge in [-0.15, -0.1) is 0 Å². The van der Waals surface area contributed by atoms with Crippen molar-refractivity contribution in [3.05, 3.63) is 35.1 Å². The molecule has 0 atom stereocenters. The summed E-state index contributed by atoms with van der Waals surface area (Å²) in [6.07, 6.45) is 6.30. The Hall–Kier alpha value is -1.38. The topological polar surface area (TPSA) is 37.3 Å². The first-order valence-corrected chi connectivity index (χ1v) is 6.98. The molecule has 1 N–H and O–H groups in total. The molecule has 0 aliphatic heterocycles. The number of rotatable bonds is 5. The monoisotopic (exact) mass is 264 g/mol. The highest BCUT2D eigenvalue weighted by Crippen LogP contribution is 2.44. The highest BCUT2D eigenvalue weighted by molar-refractivity contribution is 5.67. The molecule has 0 amide bonds. The average molecular weight is 264 g/mol. The minimum atomic E-state index is -0.697. The quantitative estimate of drug-likeness (QED) is 0.869. The van der Waals surface area contributed by atoms with Gasteiger partial charge in [0.2, 0.25) is 0 Å². The Morgan fingerprint density at radius 3 is 2.63 bits per heavy atom. The van der Waals surface area contributed by atoms with Crippen molar-refractivity contribution >= 4 is 5.97 Å². The molecule has 1 fully saturated rings. The second-order valence-electron chi connectivity index (χ2n) is 5.86. The molecule has 1 aromatic rings. The van der Waals surface area contributed by atoms with Crippen LogP contribution in [0.5, 0.6) is 0 Å². The predicted molar refractivity (Wildman–Crippen MR) is 72.6 cm³/mol. The van der Waals surface area contributed by atoms with Crippen LogP contribution in [0, 0.1) is 18.2 Å². The van der Waals surface area contributed by atoms with Gasteiger partial charge < -0.3 is 5.11 Å². The van der Waals surface area contributed by atoms with E-state index in [0.717, 1.165) is 44.1 Å². The Bertz CT molecular complexity index is 462. The average Bonchev–Trinajstić information content (AvgIpc) is 2.79. The van der Waals surface area contributed by atoms with Crippen molar-refractivity contribution in [3.63, 3.8) is 0 Å². The number of carboxylic acid groups (broad SMARTS) is 1. The lowest BCUT2D eigenvalue weighted by molar-refractivity contribution is -0.139. The van der Waals surface area contributed by atoms with Crippen molar-refractivity contribution in [3.8, 4) is 0 Å². The van der Waals surface area contributed by atoms with Crippen LogP contribution in [0.4, 0.5) is 4.39 Å². The number of aryl methyl sites for hydroxylation is 2. The van der Waals surface area contributed by atoms with E-state index in [0.29, 0.717) is 5.56 Å². The van der Waals surface area contributed by atoms with Crippen LogP contribution in [0.1, 0.15) is 49.7 Å². The summed E-state index contributed by atoms with van der Waals surface area (Å²) in [5.41, 5.74) is 1.74. The summed E-state index contributed by atoms with van der Waals surface area (Å²) in [7, 11) is 0. The van der Waals surface area contributed by atoms with Gasteiger partial charge in [0.15, 0.2) is 0 Å². The molecule has 1 aliphatic rings. The molecular formula is C16H21FO2. The van der Waals surface area contributed by atoms with Crippen LogP contribution in [0.15, 0.2) is 18.2 Å². The Morgan fingerprint density at radius 1 is 1.37 bits per heavy atom. The van der Waals surface area contributed by atoms with Gasteiger partial charge >= 0.3 is 5.97 Å². The molecule has 0 heterocycles. The van der Waals surface area contributed by atoms with E-state index in [-0.39, 0.29) is 17.7 Å². The number of carboxylic acids is 1. The first-order chi connectivity index (χ1) is 9.01. The second kappa shape index (κ2) is 5.72. The minimum Gasteiger partial charge on any atom is -0.481 e. The smallest absolute Gasteiger partial charge is 0.303 e. The molecule has 0 saturated heterocycles. The molecule has 1 aromatic carbocycles. The Kier molecular flexibility index (Phi) is 4.23. The zero-order valence-electron chi connectivity index (χ0n) is 11.4. The maximum Gasteiger partial charge on any atom is 0.303 e. The van der Waals surface area contributed by atoms with Gasteiger partial charge in [0.25, 0.3) is 0 Å². The van der Waals surface area contributed by atoms with Gasteiger partial charge in [-0.25, -0.2) is 4.39 Å². The highest BCUT2D eigenvalue weighted by Gasteiger charge is 2.35. The van der Waals surface area contributed by atoms with E-state index in [1.54, 1.807) is 6.92 Å². The molecule has 0 spiro atoms. The Morgan fingerprint density at radius 2 is 2.05 bits per heavy atom. The maximum atomic E-state index is 13.2. The van der Waals surface area contributed by atoms with Crippen molar-refractivity contribution in [2.75, 3.05) is 0 Å². The lowest BCUT2D eigenvalue weighted by Crippen LogP contribution is -2.21. The summed E-state index contributed by atoms with van der Waals surface area (Å²) >= 11 is 0. The van der Waals surface area contributed by atoms with Gasteiger partial charge in [0.1, 0.15) is 5.82 Å². The normalized spacial score (nSPS) is 17.6. The van der Waals surface area contributed by atoms with E-state index < -0.39 is 5.97 Å². The summed E-state index contributed by atoms with van der Waals surface area (Å²) < 4.78 is 13.2. The lowest BCUT2D eigenvalue weighted by atomic mass is 9.77. The maximum absolute atomic E-state index is 13.2. The van der Waals surface area contributed by atoms with Gasteiger partial charge in [0, 0.05) is 0 Å². The van der Waals surface area contributed by atoms with E-state index in [2.05, 4.69) is 0 Å². The number of hydrogen-bond donors (Lipinski definition) is 1. The van der Waals surface area contributed by atoms with E-state index in [4.69, 9.17) is 5.11 Å². The van der Waals surface area contributed by atoms with Crippen LogP contribution < -0.4 is 0 Å². The van der Waals surface area contributed by atoms with Gasteiger partial charge in [-0.3, -0.25) is 4.79 Å². The van der Waals surface area contributed by atoms with E-state index in [9.17, 15) is 9.18 Å². The summed E-state index contributed by atoms with van der Waals surface area (Å²) in [6, 6.07) is 5.19. The third-order valence-electron chi connectivity index (χ3n) is 4.36. The lowest BCUT2D eigenvalue weighted by Gasteiger charge is -2.27. The van der Waals surface area contributed by atoms with E-state index in [1.165, 1.54) is 6.07 Å². The Balaban J connectivity index is 2.02. The fourth-order valence-electron chi connectivity index (χ4n) is 3.23. The molecular weight excluding hydrogens is 243 g/mol. The summed E-state index contributed by atoms with van der Waals surface area (Å²) in [5.74, 6) is -0.873. The number of hydrogen-bond acceptors (Lipinski definition) is 1. The van der Waals surface area contributed by atoms with Crippen LogP contribution in [-0.2, 0) is 11.2 Å². The number of benzene rings is 1. The third-order valence-corrected chi connectivity index (χ3v) is 4.36. The van der Waals surface area contributed by atoms with E-state index in [1.807, 2.05) is 12.1 Å². The summed E-state index contributed by atoms with van der Waals surface area (Å²) in [4.78, 5) is 11.0. The molecule has 3 heteroatoms. The van der Waals surface area contributed by atoms with Crippen LogP contribution >= 0.6 is 0 Å². The van der Waals surface area contributed by atoms with Crippen molar-refractivity contribution in [1.82, 2.24) is 0 Å². The zero-order valence-corrected chi connectivity index (χ0v) is 11.4. The molecule has 104 valence electrons. The SMILES string of the molecule is Cc1cc(CCC2(CC(=O)O)CCCC2)ccc1F. The summed E-state index contributed by atoms with van der Waals surface area (Å²) in [5, 5.41) is 9.07. The standard InChI is InChI=1S/C16H21FO2/c1-12-10-13(4-5-14(12)17)6-9-16(11-15(18)19)7-2-3-8-16/h4-5,10H,2-3,6-9,11H2,1H3,(H,18,19). The van der Waals surface area contributed by atoms with Gasteiger partial charge in [-0.05, 0) is 55.2 Å². The van der Waals surface area contributed by atoms with Gasteiger partial charge in [-0.2, -0.15) is 0 Å². The zero-order chi connectivity index (χ0) is 13.9. The third kappa shape index (κ3) is 3.55. The fourth-order valence-corrected chi connectivity index (χ4v) is 3.23. The molecule has 0 aromatic heterocycles. The molecule has 1 saturated carbocycles. The molecule has 2 rings (SSSR count). The van der Waals surface area contributed by atoms with Crippen molar-refractivity contribution in [2.24, 2.45) is 5.41 Å². The van der Waals surface area contributed by atoms with Crippen molar-refractivity contribution in [2.45, 2.75) is 51.9 Å². The molecule has 0 bridgehead atoms. The first kappa shape index (κ1) is 14.0. The summed E-state index contributed by atoms with van der Waals surface area (Å²) in [6.45, 7) is 1.77. The molecule has 1 aliphatic carbocycles. The number of aliphatic carboxylic acids is 1. The minimum absolute atomic E-state index is 0.0336. The molecule has 0 radical (unpaired) electrons. The van der Waals surface area contributed by atoms with Crippen molar-refractivity contribution in [1.29, 1.82) is 0 Å². The van der Waals surface area contributed by atoms with Crippen LogP contribution in [-0.4, -0.2) is 11.1 Å². The number of carbonyl (C=O) groups is 1. The van der Waals surface area contributed by atoms with Gasteiger partial charge in [0.05, 0.1) is 6.42 Å². The van der Waals surface area contributed by atoms with Crippen molar-refractivity contribution < 1.29 is 14.3 Å². The van der Waals surface area contributed by atoms with Gasteiger partial charge in [-0.1, -0.05) is 25.0 Å². The van der Waals surface area contributed by atoms with Crippen LogP contribution in [0.25, 0.3) is 0 Å². The largest absolute Gasteiger partial charge is 0.481 e. The Labute approximate surface area is 113 Å². The van der Waals surface area contributed by atoms with E-state index >= 15 is 0 Å².